The summed E-state index contributed by atoms with van der Waals surface area (Å²) in [5.74, 6) is -0.602. The van der Waals surface area contributed by atoms with Crippen molar-refractivity contribution in [3.63, 3.8) is 0 Å². The number of hydrogen-bond acceptors (Lipinski definition) is 5. The maximum Gasteiger partial charge on any atom is 0.253 e. The van der Waals surface area contributed by atoms with Crippen LogP contribution in [0.2, 0.25) is 0 Å². The van der Waals surface area contributed by atoms with Crippen LogP contribution in [0, 0.1) is 11.7 Å². The third-order valence-electron chi connectivity index (χ3n) is 6.41. The highest BCUT2D eigenvalue weighted by atomic mass is 32.1. The maximum atomic E-state index is 13.6. The quantitative estimate of drug-likeness (QED) is 0.554. The van der Waals surface area contributed by atoms with Crippen LogP contribution < -0.4 is 4.90 Å². The van der Waals surface area contributed by atoms with Gasteiger partial charge in [0.1, 0.15) is 5.82 Å². The number of nitrogens with zero attached hydrogens (tertiary/aromatic N) is 3. The normalized spacial score (nSPS) is 19.2. The number of carbonyl (C=O) groups is 2. The number of rotatable bonds is 5. The fourth-order valence-electron chi connectivity index (χ4n) is 4.55. The lowest BCUT2D eigenvalue weighted by molar-refractivity contribution is -0.124. The Morgan fingerprint density at radius 3 is 2.55 bits per heavy atom. The van der Waals surface area contributed by atoms with Crippen LogP contribution in [0.3, 0.4) is 0 Å². The summed E-state index contributed by atoms with van der Waals surface area (Å²) < 4.78 is 20.1. The van der Waals surface area contributed by atoms with Gasteiger partial charge in [-0.2, -0.15) is 0 Å². The van der Waals surface area contributed by atoms with Gasteiger partial charge < -0.3 is 9.64 Å². The molecule has 2 amide bonds. The van der Waals surface area contributed by atoms with E-state index in [-0.39, 0.29) is 29.7 Å². The molecule has 3 aromatic rings. The number of halogens is 1. The van der Waals surface area contributed by atoms with Gasteiger partial charge in [-0.05, 0) is 62.1 Å². The van der Waals surface area contributed by atoms with Crippen LogP contribution in [0.1, 0.15) is 36.0 Å². The third kappa shape index (κ3) is 4.77. The van der Waals surface area contributed by atoms with E-state index < -0.39 is 0 Å². The number of benzene rings is 2. The molecule has 8 heteroatoms. The summed E-state index contributed by atoms with van der Waals surface area (Å²) in [6.45, 7) is 2.24. The zero-order valence-electron chi connectivity index (χ0n) is 18.3. The van der Waals surface area contributed by atoms with Crippen LogP contribution in [-0.2, 0) is 9.53 Å². The molecular weight excluding hydrogens is 441 g/mol. The number of carbonyl (C=O) groups excluding carboxylic acids is 2. The van der Waals surface area contributed by atoms with Gasteiger partial charge in [0.25, 0.3) is 5.91 Å². The molecule has 0 saturated carbocycles. The highest BCUT2D eigenvalue weighted by Crippen LogP contribution is 2.32. The molecule has 2 saturated heterocycles. The molecule has 33 heavy (non-hydrogen) atoms. The molecule has 0 aliphatic carbocycles. The van der Waals surface area contributed by atoms with Crippen molar-refractivity contribution in [2.75, 3.05) is 31.1 Å². The van der Waals surface area contributed by atoms with Crippen LogP contribution in [0.25, 0.3) is 10.2 Å². The van der Waals surface area contributed by atoms with Gasteiger partial charge in [0.2, 0.25) is 5.91 Å². The minimum Gasteiger partial charge on any atom is -0.376 e. The van der Waals surface area contributed by atoms with Crippen LogP contribution in [-0.4, -0.2) is 54.0 Å². The second-order valence-electron chi connectivity index (χ2n) is 8.62. The summed E-state index contributed by atoms with van der Waals surface area (Å²) in [6.07, 6.45) is 3.17. The molecule has 2 aliphatic rings. The van der Waals surface area contributed by atoms with Crippen molar-refractivity contribution in [2.45, 2.75) is 31.8 Å². The Hall–Kier alpha value is -2.84. The summed E-state index contributed by atoms with van der Waals surface area (Å²) in [6, 6.07) is 13.5. The van der Waals surface area contributed by atoms with Crippen molar-refractivity contribution >= 4 is 38.5 Å². The number of fused-ring (bicyclic) bond motifs is 1. The van der Waals surface area contributed by atoms with Gasteiger partial charge in [-0.25, -0.2) is 9.37 Å². The number of aromatic nitrogens is 1. The smallest absolute Gasteiger partial charge is 0.253 e. The number of likely N-dealkylation sites (tertiary alicyclic amines) is 1. The number of anilines is 1. The third-order valence-corrected chi connectivity index (χ3v) is 7.47. The Labute approximate surface area is 196 Å². The molecule has 0 radical (unpaired) electrons. The molecular formula is C25H26FN3O3S. The van der Waals surface area contributed by atoms with Crippen LogP contribution in [0.5, 0.6) is 0 Å². The summed E-state index contributed by atoms with van der Waals surface area (Å²) in [4.78, 5) is 34.7. The fraction of sp³-hybridized carbons (Fsp3) is 0.400. The van der Waals surface area contributed by atoms with Crippen molar-refractivity contribution in [2.24, 2.45) is 5.92 Å². The standard InChI is InChI=1S/C25H26FN3O3S/c26-19-9-7-17(8-10-19)23(30)28-13-11-18(12-14-28)24(31)29(16-20-4-3-15-32-20)25-27-21-5-1-2-6-22(21)33-25/h1-2,5-10,18,20H,3-4,11-16H2/t20-/m1/s1. The average molecular weight is 468 g/mol. The molecule has 172 valence electrons. The van der Waals surface area contributed by atoms with E-state index in [4.69, 9.17) is 9.72 Å². The Morgan fingerprint density at radius 1 is 1.09 bits per heavy atom. The van der Waals surface area contributed by atoms with E-state index in [1.54, 1.807) is 4.90 Å². The number of hydrogen-bond donors (Lipinski definition) is 0. The highest BCUT2D eigenvalue weighted by Gasteiger charge is 2.34. The molecule has 0 spiro atoms. The van der Waals surface area contributed by atoms with E-state index in [2.05, 4.69) is 0 Å². The summed E-state index contributed by atoms with van der Waals surface area (Å²) in [7, 11) is 0. The predicted octanol–water partition coefficient (Wildman–Crippen LogP) is 4.50. The zero-order valence-corrected chi connectivity index (χ0v) is 19.1. The van der Waals surface area contributed by atoms with Crippen LogP contribution in [0.4, 0.5) is 9.52 Å². The lowest BCUT2D eigenvalue weighted by atomic mass is 9.94. The minimum atomic E-state index is -0.364. The molecule has 2 fully saturated rings. The van der Waals surface area contributed by atoms with Crippen molar-refractivity contribution in [1.29, 1.82) is 0 Å². The minimum absolute atomic E-state index is 0.0288. The summed E-state index contributed by atoms with van der Waals surface area (Å²) in [5, 5.41) is 0.710. The van der Waals surface area contributed by atoms with Crippen LogP contribution in [0.15, 0.2) is 48.5 Å². The molecule has 5 rings (SSSR count). The second kappa shape index (κ2) is 9.57. The largest absolute Gasteiger partial charge is 0.376 e. The molecule has 0 unspecified atom stereocenters. The molecule has 6 nitrogen and oxygen atoms in total. The van der Waals surface area contributed by atoms with Crippen LogP contribution >= 0.6 is 11.3 Å². The van der Waals surface area contributed by atoms with Gasteiger partial charge in [0.15, 0.2) is 5.13 Å². The van der Waals surface area contributed by atoms with E-state index in [1.807, 2.05) is 29.2 Å². The van der Waals surface area contributed by atoms with Gasteiger partial charge in [0.05, 0.1) is 22.9 Å². The van der Waals surface area contributed by atoms with Crippen molar-refractivity contribution in [1.82, 2.24) is 9.88 Å². The number of piperidine rings is 1. The molecule has 3 heterocycles. The summed E-state index contributed by atoms with van der Waals surface area (Å²) >= 11 is 1.53. The van der Waals surface area contributed by atoms with Gasteiger partial charge in [0, 0.05) is 31.2 Å². The van der Waals surface area contributed by atoms with E-state index in [9.17, 15) is 14.0 Å². The molecule has 1 aromatic heterocycles. The first-order valence-electron chi connectivity index (χ1n) is 11.4. The summed E-state index contributed by atoms with van der Waals surface area (Å²) in [5.41, 5.74) is 1.36. The van der Waals surface area contributed by atoms with E-state index >= 15 is 0 Å². The van der Waals surface area contributed by atoms with E-state index in [0.29, 0.717) is 43.2 Å². The fourth-order valence-corrected chi connectivity index (χ4v) is 5.54. The molecule has 2 aliphatic heterocycles. The first-order chi connectivity index (χ1) is 16.1. The number of ether oxygens (including phenoxy) is 1. The van der Waals surface area contributed by atoms with Gasteiger partial charge >= 0.3 is 0 Å². The van der Waals surface area contributed by atoms with Gasteiger partial charge in [-0.1, -0.05) is 23.5 Å². The Kier molecular flexibility index (Phi) is 6.37. The number of amides is 2. The highest BCUT2D eigenvalue weighted by molar-refractivity contribution is 7.22. The maximum absolute atomic E-state index is 13.6. The van der Waals surface area contributed by atoms with E-state index in [0.717, 1.165) is 29.7 Å². The Balaban J connectivity index is 1.30. The van der Waals surface area contributed by atoms with E-state index in [1.165, 1.54) is 35.6 Å². The monoisotopic (exact) mass is 467 g/mol. The molecule has 1 atom stereocenters. The molecule has 2 aromatic carbocycles. The topological polar surface area (TPSA) is 62.7 Å². The second-order valence-corrected chi connectivity index (χ2v) is 9.63. The zero-order chi connectivity index (χ0) is 22.8. The Morgan fingerprint density at radius 2 is 1.85 bits per heavy atom. The molecule has 0 N–H and O–H groups in total. The lowest BCUT2D eigenvalue weighted by Gasteiger charge is -2.34. The van der Waals surface area contributed by atoms with Crippen molar-refractivity contribution in [3.8, 4) is 0 Å². The first kappa shape index (κ1) is 22.0. The Bertz CT molecular complexity index is 1100. The van der Waals surface area contributed by atoms with Gasteiger partial charge in [-0.15, -0.1) is 0 Å². The SMILES string of the molecule is O=C(c1ccc(F)cc1)N1CCC(C(=O)N(C[C@H]2CCCO2)c2nc3ccccc3s2)CC1. The predicted molar refractivity (Wildman–Crippen MR) is 126 cm³/mol. The van der Waals surface area contributed by atoms with Crippen molar-refractivity contribution in [3.05, 3.63) is 59.9 Å². The van der Waals surface area contributed by atoms with Gasteiger partial charge in [-0.3, -0.25) is 14.5 Å². The van der Waals surface area contributed by atoms with Crippen molar-refractivity contribution < 1.29 is 18.7 Å². The average Bonchev–Trinajstić information content (AvgIpc) is 3.52. The number of para-hydroxylation sites is 1. The first-order valence-corrected chi connectivity index (χ1v) is 12.2. The number of thiazole rings is 1. The molecule has 0 bridgehead atoms. The lowest BCUT2D eigenvalue weighted by Crippen LogP contribution is -2.46.